The Bertz CT molecular complexity index is 2120. The molecular formula is C51H60O10. The van der Waals surface area contributed by atoms with Crippen LogP contribution >= 0.6 is 0 Å². The highest BCUT2D eigenvalue weighted by Gasteiger charge is 2.39. The van der Waals surface area contributed by atoms with Gasteiger partial charge in [0.05, 0.1) is 23.7 Å². The van der Waals surface area contributed by atoms with E-state index in [-0.39, 0.29) is 5.41 Å². The molecule has 2 fully saturated rings. The fraction of sp³-hybridized carbons (Fsp3) is 0.451. The van der Waals surface area contributed by atoms with E-state index in [1.165, 1.54) is 0 Å². The number of carboxylic acids is 2. The van der Waals surface area contributed by atoms with E-state index in [2.05, 4.69) is 38.1 Å². The first kappa shape index (κ1) is 44.9. The molecule has 10 heteroatoms. The standard InChI is InChI=1S/C51H60O10/c1-27-19-35(20-28(2)43(27)58-37-23-31(5)45(32(6)24-37)60-49(56)41-17-13-11-15-39(41)47(52)53)51(9,10)36-21-29(3)44(30(4)22-36)59-38-25-33(7)46(34(8)26-38)61-50(57)42-18-14-12-16-40(42)48(54)55/h19-26,39-42H,11-18H2,1-10H3,(H,52,53)(H,54,55). The summed E-state index contributed by atoms with van der Waals surface area (Å²) in [7, 11) is 0. The van der Waals surface area contributed by atoms with Gasteiger partial charge in [-0.1, -0.05) is 63.8 Å². The van der Waals surface area contributed by atoms with Gasteiger partial charge in [0, 0.05) is 5.41 Å². The smallest absolute Gasteiger partial charge is 0.315 e. The number of hydrogen-bond acceptors (Lipinski definition) is 8. The largest absolute Gasteiger partial charge is 0.481 e. The van der Waals surface area contributed by atoms with Gasteiger partial charge in [-0.15, -0.1) is 0 Å². The molecule has 0 amide bonds. The molecule has 0 bridgehead atoms. The molecule has 0 spiro atoms. The average Bonchev–Trinajstić information content (AvgIpc) is 3.20. The second-order valence-electron chi connectivity index (χ2n) is 18.0. The van der Waals surface area contributed by atoms with Crippen molar-refractivity contribution in [3.05, 3.63) is 104 Å². The van der Waals surface area contributed by atoms with Gasteiger partial charge in [-0.05, 0) is 161 Å². The molecule has 61 heavy (non-hydrogen) atoms. The molecule has 0 saturated heterocycles. The van der Waals surface area contributed by atoms with Crippen molar-refractivity contribution >= 4 is 23.9 Å². The van der Waals surface area contributed by atoms with Gasteiger partial charge >= 0.3 is 23.9 Å². The lowest BCUT2D eigenvalue weighted by Gasteiger charge is -2.29. The van der Waals surface area contributed by atoms with E-state index in [0.29, 0.717) is 48.7 Å². The van der Waals surface area contributed by atoms with Crippen LogP contribution in [0, 0.1) is 79.1 Å². The predicted octanol–water partition coefficient (Wildman–Crippen LogP) is 11.7. The molecule has 0 radical (unpaired) electrons. The molecule has 4 unspecified atom stereocenters. The average molecular weight is 833 g/mol. The van der Waals surface area contributed by atoms with Crippen molar-refractivity contribution in [3.8, 4) is 34.5 Å². The van der Waals surface area contributed by atoms with Crippen LogP contribution in [0.25, 0.3) is 0 Å². The van der Waals surface area contributed by atoms with Crippen LogP contribution in [-0.2, 0) is 24.6 Å². The van der Waals surface area contributed by atoms with Crippen molar-refractivity contribution in [3.63, 3.8) is 0 Å². The van der Waals surface area contributed by atoms with Crippen molar-refractivity contribution in [2.45, 2.75) is 126 Å². The first-order valence-electron chi connectivity index (χ1n) is 21.5. The third-order valence-corrected chi connectivity index (χ3v) is 12.8. The molecule has 4 aromatic rings. The number of esters is 2. The van der Waals surface area contributed by atoms with Gasteiger partial charge in [0.1, 0.15) is 34.5 Å². The Morgan fingerprint density at radius 3 is 0.984 bits per heavy atom. The maximum atomic E-state index is 13.2. The summed E-state index contributed by atoms with van der Waals surface area (Å²) in [5.74, 6) is -2.03. The van der Waals surface area contributed by atoms with Crippen LogP contribution in [0.15, 0.2) is 48.5 Å². The van der Waals surface area contributed by atoms with E-state index >= 15 is 0 Å². The number of aliphatic carboxylic acids is 2. The molecule has 0 aromatic heterocycles. The Morgan fingerprint density at radius 2 is 0.705 bits per heavy atom. The third kappa shape index (κ3) is 9.64. The van der Waals surface area contributed by atoms with Gasteiger partial charge in [0.15, 0.2) is 0 Å². The number of carbonyl (C=O) groups is 4. The normalized spacial score (nSPS) is 19.2. The van der Waals surface area contributed by atoms with Crippen LogP contribution < -0.4 is 18.9 Å². The van der Waals surface area contributed by atoms with E-state index in [1.807, 2.05) is 79.7 Å². The highest BCUT2D eigenvalue weighted by Crippen LogP contribution is 2.42. The maximum absolute atomic E-state index is 13.2. The number of ether oxygens (including phenoxy) is 4. The Labute approximate surface area is 359 Å². The summed E-state index contributed by atoms with van der Waals surface area (Å²) in [6.45, 7) is 20.0. The van der Waals surface area contributed by atoms with Crippen LogP contribution in [0.5, 0.6) is 34.5 Å². The molecule has 2 N–H and O–H groups in total. The summed E-state index contributed by atoms with van der Waals surface area (Å²) >= 11 is 0. The zero-order valence-electron chi connectivity index (χ0n) is 37.2. The second kappa shape index (κ2) is 18.1. The number of carbonyl (C=O) groups excluding carboxylic acids is 2. The van der Waals surface area contributed by atoms with Gasteiger partial charge in [-0.3, -0.25) is 19.2 Å². The number of carboxylic acid groups (broad SMARTS) is 2. The van der Waals surface area contributed by atoms with Crippen molar-refractivity contribution in [1.29, 1.82) is 0 Å². The first-order valence-corrected chi connectivity index (χ1v) is 21.5. The van der Waals surface area contributed by atoms with Gasteiger partial charge in [-0.2, -0.15) is 0 Å². The minimum Gasteiger partial charge on any atom is -0.481 e. The molecule has 0 heterocycles. The van der Waals surface area contributed by atoms with E-state index in [4.69, 9.17) is 18.9 Å². The topological polar surface area (TPSA) is 146 Å². The SMILES string of the molecule is Cc1cc(Oc2c(C)cc(C(C)(C)c3cc(C)c(Oc4cc(C)c(OC(=O)C5CCCCC5C(=O)O)c(C)c4)c(C)c3)cc2C)cc(C)c1OC(=O)C1CCCCC1C(=O)O. The van der Waals surface area contributed by atoms with E-state index in [9.17, 15) is 29.4 Å². The van der Waals surface area contributed by atoms with E-state index in [0.717, 1.165) is 92.8 Å². The zero-order chi connectivity index (χ0) is 44.5. The van der Waals surface area contributed by atoms with Gasteiger partial charge in [0.2, 0.25) is 0 Å². The lowest BCUT2D eigenvalue weighted by molar-refractivity contribution is -0.154. The molecule has 2 aliphatic carbocycles. The third-order valence-electron chi connectivity index (χ3n) is 12.8. The molecule has 4 aromatic carbocycles. The number of rotatable bonds is 12. The Morgan fingerprint density at radius 1 is 0.443 bits per heavy atom. The zero-order valence-corrected chi connectivity index (χ0v) is 37.2. The van der Waals surface area contributed by atoms with Gasteiger partial charge in [-0.25, -0.2) is 0 Å². The van der Waals surface area contributed by atoms with Crippen molar-refractivity contribution in [2.24, 2.45) is 23.7 Å². The summed E-state index contributed by atoms with van der Waals surface area (Å²) in [4.78, 5) is 50.0. The number of aryl methyl sites for hydroxylation is 8. The summed E-state index contributed by atoms with van der Waals surface area (Å²) < 4.78 is 24.7. The molecule has 324 valence electrons. The lowest BCUT2D eigenvalue weighted by Crippen LogP contribution is -2.35. The van der Waals surface area contributed by atoms with Gasteiger partial charge < -0.3 is 29.2 Å². The lowest BCUT2D eigenvalue weighted by atomic mass is 9.76. The van der Waals surface area contributed by atoms with Crippen LogP contribution in [0.3, 0.4) is 0 Å². The van der Waals surface area contributed by atoms with Crippen LogP contribution in [0.2, 0.25) is 0 Å². The van der Waals surface area contributed by atoms with E-state index < -0.39 is 47.5 Å². The second-order valence-corrected chi connectivity index (χ2v) is 18.0. The summed E-state index contributed by atoms with van der Waals surface area (Å²) in [5.41, 5.74) is 8.67. The van der Waals surface area contributed by atoms with E-state index in [1.54, 1.807) is 0 Å². The summed E-state index contributed by atoms with van der Waals surface area (Å²) in [6, 6.07) is 16.0. The first-order chi connectivity index (χ1) is 28.8. The van der Waals surface area contributed by atoms with Crippen LogP contribution in [-0.4, -0.2) is 34.1 Å². The van der Waals surface area contributed by atoms with Crippen LogP contribution in [0.1, 0.15) is 121 Å². The van der Waals surface area contributed by atoms with Crippen molar-refractivity contribution in [1.82, 2.24) is 0 Å². The molecule has 4 atom stereocenters. The molecule has 6 rings (SSSR count). The van der Waals surface area contributed by atoms with Gasteiger partial charge in [0.25, 0.3) is 0 Å². The quantitative estimate of drug-likeness (QED) is 0.104. The molecule has 2 aliphatic rings. The van der Waals surface area contributed by atoms with Crippen LogP contribution in [0.4, 0.5) is 0 Å². The maximum Gasteiger partial charge on any atom is 0.315 e. The highest BCUT2D eigenvalue weighted by atomic mass is 16.5. The Kier molecular flexibility index (Phi) is 13.4. The predicted molar refractivity (Wildman–Crippen MR) is 233 cm³/mol. The summed E-state index contributed by atoms with van der Waals surface area (Å²) in [6.07, 6.45) is 5.20. The van der Waals surface area contributed by atoms with Crippen molar-refractivity contribution < 1.29 is 48.3 Å². The number of benzene rings is 4. The highest BCUT2D eigenvalue weighted by molar-refractivity contribution is 5.84. The molecule has 10 nitrogen and oxygen atoms in total. The minimum atomic E-state index is -0.949. The Hall–Kier alpha value is -5.64. The fourth-order valence-electron chi connectivity index (χ4n) is 9.38. The monoisotopic (exact) mass is 832 g/mol. The summed E-state index contributed by atoms with van der Waals surface area (Å²) in [5, 5.41) is 19.4. The number of hydrogen-bond donors (Lipinski definition) is 2. The molecular weight excluding hydrogens is 773 g/mol. The molecule has 0 aliphatic heterocycles. The molecule has 2 saturated carbocycles. The van der Waals surface area contributed by atoms with Crippen molar-refractivity contribution in [2.75, 3.05) is 0 Å². The fourth-order valence-corrected chi connectivity index (χ4v) is 9.38. The minimum absolute atomic E-state index is 0.380. The Balaban J connectivity index is 1.16.